The van der Waals surface area contributed by atoms with Crippen molar-refractivity contribution in [2.75, 3.05) is 26.0 Å². The molecule has 2 aromatic carbocycles. The van der Waals surface area contributed by atoms with Crippen molar-refractivity contribution >= 4 is 40.2 Å². The van der Waals surface area contributed by atoms with Crippen molar-refractivity contribution < 1.29 is 23.5 Å². The van der Waals surface area contributed by atoms with Gasteiger partial charge < -0.3 is 15.5 Å². The second kappa shape index (κ2) is 9.67. The molecule has 0 radical (unpaired) electrons. The quantitative estimate of drug-likeness (QED) is 0.250. The molecule has 0 saturated carbocycles. The average molecular weight is 501 g/mol. The van der Waals surface area contributed by atoms with E-state index in [9.17, 15) is 18.8 Å². The standard InChI is InChI=1S/C25H26ClFN4O4/c1-14-11-30(15(2)10-29(14)12-16-4-6-17(27)7-5-16)24(33)19-8-18-20(23(32)25(34)35-3)13-31(28)22(18)9-21(19)26/h4-9,13-15H,10-12,28H2,1-3H3/t14-,15+/m0/s1. The van der Waals surface area contributed by atoms with E-state index in [4.69, 9.17) is 17.4 Å². The lowest BCUT2D eigenvalue weighted by Crippen LogP contribution is -2.57. The van der Waals surface area contributed by atoms with E-state index in [1.54, 1.807) is 17.0 Å². The van der Waals surface area contributed by atoms with Crippen molar-refractivity contribution in [2.24, 2.45) is 0 Å². The van der Waals surface area contributed by atoms with Crippen LogP contribution in [0.2, 0.25) is 5.02 Å². The molecule has 3 aromatic rings. The number of methoxy groups -OCH3 is 1. The zero-order valence-corrected chi connectivity index (χ0v) is 20.4. The second-order valence-electron chi connectivity index (χ2n) is 8.83. The number of nitrogens with zero attached hydrogens (tertiary/aromatic N) is 3. The number of hydrogen-bond acceptors (Lipinski definition) is 6. The van der Waals surface area contributed by atoms with Gasteiger partial charge in [0.1, 0.15) is 5.82 Å². The van der Waals surface area contributed by atoms with Gasteiger partial charge in [0.25, 0.3) is 11.7 Å². The van der Waals surface area contributed by atoms with Crippen LogP contribution in [0.4, 0.5) is 4.39 Å². The van der Waals surface area contributed by atoms with Crippen LogP contribution in [0, 0.1) is 5.82 Å². The molecule has 184 valence electrons. The van der Waals surface area contributed by atoms with Crippen molar-refractivity contribution in [1.29, 1.82) is 0 Å². The lowest BCUT2D eigenvalue weighted by atomic mass is 10.0. The highest BCUT2D eigenvalue weighted by molar-refractivity contribution is 6.43. The van der Waals surface area contributed by atoms with Gasteiger partial charge in [-0.2, -0.15) is 0 Å². The van der Waals surface area contributed by atoms with Gasteiger partial charge in [-0.3, -0.25) is 19.2 Å². The summed E-state index contributed by atoms with van der Waals surface area (Å²) in [4.78, 5) is 41.8. The summed E-state index contributed by atoms with van der Waals surface area (Å²) >= 11 is 6.47. The predicted octanol–water partition coefficient (Wildman–Crippen LogP) is 3.24. The van der Waals surface area contributed by atoms with Gasteiger partial charge in [-0.25, -0.2) is 9.18 Å². The molecule has 0 aliphatic carbocycles. The lowest BCUT2D eigenvalue weighted by molar-refractivity contribution is -0.135. The molecule has 4 rings (SSSR count). The summed E-state index contributed by atoms with van der Waals surface area (Å²) in [7, 11) is 1.12. The highest BCUT2D eigenvalue weighted by Crippen LogP contribution is 2.30. The molecule has 1 aliphatic heterocycles. The fraction of sp³-hybridized carbons (Fsp3) is 0.320. The molecule has 0 unspecified atom stereocenters. The van der Waals surface area contributed by atoms with Gasteiger partial charge >= 0.3 is 5.97 Å². The first-order chi connectivity index (χ1) is 16.6. The number of fused-ring (bicyclic) bond motifs is 1. The molecule has 10 heteroatoms. The van der Waals surface area contributed by atoms with E-state index >= 15 is 0 Å². The number of carbonyl (C=O) groups is 3. The molecule has 35 heavy (non-hydrogen) atoms. The van der Waals surface area contributed by atoms with Crippen LogP contribution < -0.4 is 5.84 Å². The van der Waals surface area contributed by atoms with Crippen LogP contribution in [0.3, 0.4) is 0 Å². The maximum atomic E-state index is 13.6. The van der Waals surface area contributed by atoms with Gasteiger partial charge in [0, 0.05) is 43.3 Å². The Hall–Kier alpha value is -3.43. The van der Waals surface area contributed by atoms with Gasteiger partial charge in [-0.15, -0.1) is 0 Å². The van der Waals surface area contributed by atoms with Crippen molar-refractivity contribution in [3.05, 3.63) is 70.1 Å². The fourth-order valence-corrected chi connectivity index (χ4v) is 4.74. The Balaban J connectivity index is 1.60. The minimum Gasteiger partial charge on any atom is -0.463 e. The Bertz CT molecular complexity index is 1310. The maximum Gasteiger partial charge on any atom is 0.379 e. The summed E-state index contributed by atoms with van der Waals surface area (Å²) in [5.41, 5.74) is 1.65. The normalized spacial score (nSPS) is 18.6. The van der Waals surface area contributed by atoms with E-state index < -0.39 is 11.8 Å². The van der Waals surface area contributed by atoms with E-state index in [1.807, 2.05) is 13.8 Å². The molecule has 2 atom stereocenters. The molecular weight excluding hydrogens is 475 g/mol. The number of ketones is 1. The topological polar surface area (TPSA) is 97.9 Å². The molecule has 0 bridgehead atoms. The van der Waals surface area contributed by atoms with Crippen LogP contribution in [-0.4, -0.2) is 64.4 Å². The number of nitrogen functional groups attached to an aromatic ring is 1. The van der Waals surface area contributed by atoms with Gasteiger partial charge in [-0.05, 0) is 43.7 Å². The molecule has 1 aliphatic rings. The van der Waals surface area contributed by atoms with Gasteiger partial charge in [0.2, 0.25) is 0 Å². The van der Waals surface area contributed by atoms with Gasteiger partial charge in [0.15, 0.2) is 0 Å². The Kier molecular flexibility index (Phi) is 6.82. The molecule has 1 amide bonds. The minimum absolute atomic E-state index is 0.0330. The number of nitrogens with two attached hydrogens (primary N) is 1. The zero-order chi connectivity index (χ0) is 25.4. The number of benzene rings is 2. The number of esters is 1. The number of Topliss-reactive ketones (excluding diaryl/α,β-unsaturated/α-hetero) is 1. The Morgan fingerprint density at radius 2 is 1.77 bits per heavy atom. The molecule has 2 N–H and O–H groups in total. The fourth-order valence-electron chi connectivity index (χ4n) is 4.50. The zero-order valence-electron chi connectivity index (χ0n) is 19.6. The van der Waals surface area contributed by atoms with Crippen LogP contribution in [0.25, 0.3) is 10.9 Å². The number of amides is 1. The number of hydrogen-bond donors (Lipinski definition) is 1. The summed E-state index contributed by atoms with van der Waals surface area (Å²) in [6.07, 6.45) is 1.31. The number of ether oxygens (including phenoxy) is 1. The summed E-state index contributed by atoms with van der Waals surface area (Å²) < 4.78 is 19.0. The van der Waals surface area contributed by atoms with Crippen LogP contribution in [-0.2, 0) is 16.1 Å². The molecule has 8 nitrogen and oxygen atoms in total. The molecule has 2 heterocycles. The van der Waals surface area contributed by atoms with E-state index in [1.165, 1.54) is 35.1 Å². The van der Waals surface area contributed by atoms with Gasteiger partial charge in [0.05, 0.1) is 28.8 Å². The molecule has 1 saturated heterocycles. The van der Waals surface area contributed by atoms with E-state index in [0.717, 1.165) is 12.7 Å². The molecular formula is C25H26ClFN4O4. The third kappa shape index (κ3) is 4.74. The summed E-state index contributed by atoms with van der Waals surface area (Å²) in [5, 5.41) is 0.532. The number of halogens is 2. The maximum absolute atomic E-state index is 13.6. The number of piperazine rings is 1. The monoisotopic (exact) mass is 500 g/mol. The first-order valence-corrected chi connectivity index (χ1v) is 11.5. The Morgan fingerprint density at radius 3 is 2.43 bits per heavy atom. The van der Waals surface area contributed by atoms with Crippen LogP contribution in [0.15, 0.2) is 42.6 Å². The SMILES string of the molecule is COC(=O)C(=O)c1cn(N)c2cc(Cl)c(C(=O)N3C[C@H](C)N(Cc4ccc(F)cc4)C[C@H]3C)cc12. The average Bonchev–Trinajstić information content (AvgIpc) is 3.15. The third-order valence-corrected chi connectivity index (χ3v) is 6.76. The van der Waals surface area contributed by atoms with Gasteiger partial charge in [-0.1, -0.05) is 23.7 Å². The number of carbonyl (C=O) groups excluding carboxylic acids is 3. The predicted molar refractivity (Wildman–Crippen MR) is 130 cm³/mol. The Labute approximate surface area is 206 Å². The van der Waals surface area contributed by atoms with Crippen molar-refractivity contribution in [3.63, 3.8) is 0 Å². The smallest absolute Gasteiger partial charge is 0.379 e. The second-order valence-corrected chi connectivity index (χ2v) is 9.24. The van der Waals surface area contributed by atoms with Crippen molar-refractivity contribution in [3.8, 4) is 0 Å². The van der Waals surface area contributed by atoms with E-state index in [0.29, 0.717) is 30.5 Å². The third-order valence-electron chi connectivity index (χ3n) is 6.44. The summed E-state index contributed by atoms with van der Waals surface area (Å²) in [6.45, 7) is 5.71. The highest BCUT2D eigenvalue weighted by atomic mass is 35.5. The first kappa shape index (κ1) is 24.7. The molecule has 1 aromatic heterocycles. The minimum atomic E-state index is -1.03. The highest BCUT2D eigenvalue weighted by Gasteiger charge is 2.34. The lowest BCUT2D eigenvalue weighted by Gasteiger charge is -2.44. The van der Waals surface area contributed by atoms with Crippen LogP contribution in [0.5, 0.6) is 0 Å². The largest absolute Gasteiger partial charge is 0.463 e. The molecule has 0 spiro atoms. The van der Waals surface area contributed by atoms with Crippen molar-refractivity contribution in [2.45, 2.75) is 32.5 Å². The van der Waals surface area contributed by atoms with E-state index in [2.05, 4.69) is 9.64 Å². The van der Waals surface area contributed by atoms with Crippen LogP contribution in [0.1, 0.15) is 40.1 Å². The first-order valence-electron chi connectivity index (χ1n) is 11.1. The Morgan fingerprint density at radius 1 is 1.09 bits per heavy atom. The molecule has 1 fully saturated rings. The number of aromatic nitrogens is 1. The van der Waals surface area contributed by atoms with Crippen molar-refractivity contribution in [1.82, 2.24) is 14.5 Å². The number of rotatable bonds is 5. The summed E-state index contributed by atoms with van der Waals surface area (Å²) in [6, 6.07) is 9.33. The summed E-state index contributed by atoms with van der Waals surface area (Å²) in [5.74, 6) is 3.51. The van der Waals surface area contributed by atoms with Crippen LogP contribution >= 0.6 is 11.6 Å². The van der Waals surface area contributed by atoms with E-state index in [-0.39, 0.29) is 40.0 Å².